The lowest BCUT2D eigenvalue weighted by atomic mass is 10.2. The van der Waals surface area contributed by atoms with Gasteiger partial charge in [0.05, 0.1) is 10.6 Å². The van der Waals surface area contributed by atoms with Gasteiger partial charge in [-0.1, -0.05) is 0 Å². The highest BCUT2D eigenvalue weighted by molar-refractivity contribution is 6.02. The second-order valence-electron chi connectivity index (χ2n) is 4.32. The highest BCUT2D eigenvalue weighted by Gasteiger charge is 2.29. The first-order valence-corrected chi connectivity index (χ1v) is 6.21. The Kier molecular flexibility index (Phi) is 6.08. The molecular weight excluding hydrogens is 316 g/mol. The van der Waals surface area contributed by atoms with E-state index < -0.39 is 16.7 Å². The summed E-state index contributed by atoms with van der Waals surface area (Å²) >= 11 is 0. The number of hydrogen-bond donors (Lipinski definition) is 2. The number of non-ortho nitro benzene ring substituents is 1. The van der Waals surface area contributed by atoms with E-state index in [1.807, 2.05) is 0 Å². The van der Waals surface area contributed by atoms with E-state index in [1.54, 1.807) is 0 Å². The van der Waals surface area contributed by atoms with Crippen molar-refractivity contribution in [2.45, 2.75) is 0 Å². The minimum Gasteiger partial charge on any atom is -0.482 e. The van der Waals surface area contributed by atoms with Crippen LogP contribution in [0.15, 0.2) is 18.2 Å². The highest BCUT2D eigenvalue weighted by atomic mass is 35.5. The molecule has 1 heterocycles. The molecule has 10 heteroatoms. The zero-order valence-corrected chi connectivity index (χ0v) is 12.3. The molecule has 0 bridgehead atoms. The maximum atomic E-state index is 11.9. The van der Waals surface area contributed by atoms with Crippen molar-refractivity contribution in [2.75, 3.05) is 31.1 Å². The van der Waals surface area contributed by atoms with Crippen LogP contribution in [0.3, 0.4) is 0 Å². The smallest absolute Gasteiger partial charge is 0.271 e. The van der Waals surface area contributed by atoms with E-state index in [-0.39, 0.29) is 43.5 Å². The first kappa shape index (κ1) is 17.7. The highest BCUT2D eigenvalue weighted by Crippen LogP contribution is 2.34. The summed E-state index contributed by atoms with van der Waals surface area (Å²) < 4.78 is 5.20. The average Bonchev–Trinajstić information content (AvgIpc) is 2.47. The zero-order chi connectivity index (χ0) is 15.4. The predicted octanol–water partition coefficient (Wildman–Crippen LogP) is -0.183. The minimum atomic E-state index is -0.577. The summed E-state index contributed by atoms with van der Waals surface area (Å²) in [5.41, 5.74) is 5.31. The van der Waals surface area contributed by atoms with E-state index in [0.29, 0.717) is 12.3 Å². The van der Waals surface area contributed by atoms with Crippen molar-refractivity contribution < 1.29 is 19.2 Å². The predicted molar refractivity (Wildman–Crippen MR) is 80.3 cm³/mol. The van der Waals surface area contributed by atoms with Crippen molar-refractivity contribution in [1.82, 2.24) is 5.32 Å². The maximum absolute atomic E-state index is 11.9. The van der Waals surface area contributed by atoms with Crippen LogP contribution in [0, 0.1) is 10.1 Å². The molecule has 1 aromatic rings. The third kappa shape index (κ3) is 3.83. The quantitative estimate of drug-likeness (QED) is 0.569. The van der Waals surface area contributed by atoms with Gasteiger partial charge in [0, 0.05) is 25.2 Å². The van der Waals surface area contributed by atoms with Gasteiger partial charge in [-0.05, 0) is 6.07 Å². The van der Waals surface area contributed by atoms with Gasteiger partial charge in [0.1, 0.15) is 12.3 Å². The molecule has 1 aliphatic rings. The van der Waals surface area contributed by atoms with Gasteiger partial charge >= 0.3 is 0 Å². The molecule has 0 unspecified atom stereocenters. The first-order valence-electron chi connectivity index (χ1n) is 6.21. The van der Waals surface area contributed by atoms with Crippen LogP contribution in [0.2, 0.25) is 0 Å². The number of rotatable bonds is 5. The molecule has 1 aromatic carbocycles. The van der Waals surface area contributed by atoms with Crippen LogP contribution in [0.25, 0.3) is 0 Å². The van der Waals surface area contributed by atoms with Gasteiger partial charge in [0.25, 0.3) is 11.6 Å². The summed E-state index contributed by atoms with van der Waals surface area (Å²) in [6.07, 6.45) is 0. The van der Waals surface area contributed by atoms with E-state index in [9.17, 15) is 19.7 Å². The number of benzene rings is 1. The molecule has 0 radical (unpaired) electrons. The van der Waals surface area contributed by atoms with Crippen molar-refractivity contribution in [2.24, 2.45) is 5.73 Å². The molecule has 0 saturated heterocycles. The fourth-order valence-corrected chi connectivity index (χ4v) is 1.89. The standard InChI is InChI=1S/C12H14N4O5.ClH/c13-3-4-14-11(17)6-15-9-5-8(16(19)20)1-2-10(9)21-7-12(15)18;/h1-2,5H,3-4,6-7,13H2,(H,14,17);1H. The number of nitrogens with zero attached hydrogens (tertiary/aromatic N) is 2. The molecule has 0 atom stereocenters. The fraction of sp³-hybridized carbons (Fsp3) is 0.333. The summed E-state index contributed by atoms with van der Waals surface area (Å²) in [5, 5.41) is 13.3. The van der Waals surface area contributed by atoms with Crippen LogP contribution in [-0.4, -0.2) is 43.0 Å². The zero-order valence-electron chi connectivity index (χ0n) is 11.5. The maximum Gasteiger partial charge on any atom is 0.271 e. The van der Waals surface area contributed by atoms with Crippen LogP contribution in [-0.2, 0) is 9.59 Å². The Hall–Kier alpha value is -2.39. The first-order chi connectivity index (χ1) is 10.0. The van der Waals surface area contributed by atoms with E-state index >= 15 is 0 Å². The number of halogens is 1. The third-order valence-corrected chi connectivity index (χ3v) is 2.86. The molecule has 2 amide bonds. The van der Waals surface area contributed by atoms with Gasteiger partial charge in [-0.2, -0.15) is 0 Å². The Morgan fingerprint density at radius 2 is 2.23 bits per heavy atom. The van der Waals surface area contributed by atoms with E-state index in [2.05, 4.69) is 5.32 Å². The Morgan fingerprint density at radius 1 is 1.50 bits per heavy atom. The molecule has 2 rings (SSSR count). The Balaban J connectivity index is 0.00000242. The number of carbonyl (C=O) groups excluding carboxylic acids is 2. The summed E-state index contributed by atoms with van der Waals surface area (Å²) in [7, 11) is 0. The number of anilines is 1. The Bertz CT molecular complexity index is 595. The van der Waals surface area contributed by atoms with Gasteiger partial charge in [-0.3, -0.25) is 24.6 Å². The number of amides is 2. The van der Waals surface area contributed by atoms with Gasteiger partial charge in [-0.25, -0.2) is 0 Å². The molecule has 0 aromatic heterocycles. The van der Waals surface area contributed by atoms with E-state index in [1.165, 1.54) is 18.2 Å². The molecular formula is C12H15ClN4O5. The number of carbonyl (C=O) groups is 2. The van der Waals surface area contributed by atoms with Crippen molar-refractivity contribution >= 4 is 35.6 Å². The number of nitrogens with one attached hydrogen (secondary N) is 1. The van der Waals surface area contributed by atoms with Crippen molar-refractivity contribution in [3.05, 3.63) is 28.3 Å². The number of nitro benzene ring substituents is 1. The van der Waals surface area contributed by atoms with Crippen LogP contribution in [0.5, 0.6) is 5.75 Å². The summed E-state index contributed by atoms with van der Waals surface area (Å²) in [5.74, 6) is -0.508. The Morgan fingerprint density at radius 3 is 2.86 bits per heavy atom. The molecule has 0 spiro atoms. The van der Waals surface area contributed by atoms with Gasteiger partial charge in [0.2, 0.25) is 5.91 Å². The van der Waals surface area contributed by atoms with E-state index in [4.69, 9.17) is 10.5 Å². The van der Waals surface area contributed by atoms with Gasteiger partial charge in [-0.15, -0.1) is 12.4 Å². The third-order valence-electron chi connectivity index (χ3n) is 2.86. The average molecular weight is 331 g/mol. The fourth-order valence-electron chi connectivity index (χ4n) is 1.89. The molecule has 1 aliphatic heterocycles. The topological polar surface area (TPSA) is 128 Å². The number of fused-ring (bicyclic) bond motifs is 1. The largest absolute Gasteiger partial charge is 0.482 e. The van der Waals surface area contributed by atoms with Crippen molar-refractivity contribution in [1.29, 1.82) is 0 Å². The number of nitro groups is 1. The second kappa shape index (κ2) is 7.57. The lowest BCUT2D eigenvalue weighted by Gasteiger charge is -2.28. The van der Waals surface area contributed by atoms with Gasteiger partial charge < -0.3 is 15.8 Å². The van der Waals surface area contributed by atoms with Crippen molar-refractivity contribution in [3.63, 3.8) is 0 Å². The van der Waals surface area contributed by atoms with Crippen molar-refractivity contribution in [3.8, 4) is 5.75 Å². The molecule has 0 aliphatic carbocycles. The van der Waals surface area contributed by atoms with E-state index in [0.717, 1.165) is 4.90 Å². The Labute approximate surface area is 132 Å². The van der Waals surface area contributed by atoms with Gasteiger partial charge in [0.15, 0.2) is 6.61 Å². The van der Waals surface area contributed by atoms with Crippen LogP contribution in [0.4, 0.5) is 11.4 Å². The van der Waals surface area contributed by atoms with Crippen LogP contribution in [0.1, 0.15) is 0 Å². The molecule has 22 heavy (non-hydrogen) atoms. The monoisotopic (exact) mass is 330 g/mol. The number of nitrogens with two attached hydrogens (primary N) is 1. The number of hydrogen-bond acceptors (Lipinski definition) is 6. The summed E-state index contributed by atoms with van der Waals surface area (Å²) in [6.45, 7) is 0.120. The van der Waals surface area contributed by atoms with Crippen LogP contribution >= 0.6 is 12.4 Å². The number of ether oxygens (including phenoxy) is 1. The molecule has 9 nitrogen and oxygen atoms in total. The lowest BCUT2D eigenvalue weighted by molar-refractivity contribution is -0.384. The lowest BCUT2D eigenvalue weighted by Crippen LogP contribution is -2.45. The SMILES string of the molecule is Cl.NCCNC(=O)CN1C(=O)COc2ccc([N+](=O)[O-])cc21. The normalized spacial score (nSPS) is 12.8. The molecule has 0 fully saturated rings. The summed E-state index contributed by atoms with van der Waals surface area (Å²) in [4.78, 5) is 35.0. The molecule has 120 valence electrons. The molecule has 3 N–H and O–H groups in total. The minimum absolute atomic E-state index is 0. The summed E-state index contributed by atoms with van der Waals surface area (Å²) in [6, 6.07) is 3.90. The van der Waals surface area contributed by atoms with Crippen LogP contribution < -0.4 is 20.7 Å². The molecule has 0 saturated carbocycles. The second-order valence-corrected chi connectivity index (χ2v) is 4.32.